The SMILES string of the molecule is CC(Sc1cccc(F)c1)C(=O)NCc1ccccc1Cl. The van der Waals surface area contributed by atoms with Gasteiger partial charge in [-0.25, -0.2) is 4.39 Å². The Morgan fingerprint density at radius 3 is 2.76 bits per heavy atom. The fourth-order valence-corrected chi connectivity index (χ4v) is 2.90. The lowest BCUT2D eigenvalue weighted by Crippen LogP contribution is -2.30. The van der Waals surface area contributed by atoms with Crippen molar-refractivity contribution in [3.05, 3.63) is 64.9 Å². The number of hydrogen-bond acceptors (Lipinski definition) is 2. The maximum absolute atomic E-state index is 13.1. The molecule has 2 rings (SSSR count). The molecule has 0 saturated carbocycles. The smallest absolute Gasteiger partial charge is 0.233 e. The molecule has 1 amide bonds. The van der Waals surface area contributed by atoms with Gasteiger partial charge in [0.25, 0.3) is 0 Å². The molecule has 0 radical (unpaired) electrons. The average Bonchev–Trinajstić information content (AvgIpc) is 2.46. The molecule has 0 heterocycles. The van der Waals surface area contributed by atoms with Crippen molar-refractivity contribution in [2.45, 2.75) is 23.6 Å². The molecule has 0 saturated heterocycles. The van der Waals surface area contributed by atoms with Crippen LogP contribution in [0.1, 0.15) is 12.5 Å². The summed E-state index contributed by atoms with van der Waals surface area (Å²) in [6.07, 6.45) is 0. The highest BCUT2D eigenvalue weighted by molar-refractivity contribution is 8.00. The van der Waals surface area contributed by atoms with Crippen LogP contribution < -0.4 is 5.32 Å². The molecule has 2 nitrogen and oxygen atoms in total. The maximum atomic E-state index is 13.1. The molecule has 1 N–H and O–H groups in total. The van der Waals surface area contributed by atoms with Gasteiger partial charge in [-0.2, -0.15) is 0 Å². The Bertz CT molecular complexity index is 635. The maximum Gasteiger partial charge on any atom is 0.233 e. The zero-order chi connectivity index (χ0) is 15.2. The molecule has 0 fully saturated rings. The van der Waals surface area contributed by atoms with E-state index >= 15 is 0 Å². The molecule has 5 heteroatoms. The number of amides is 1. The molecule has 1 unspecified atom stereocenters. The van der Waals surface area contributed by atoms with Gasteiger partial charge in [0.1, 0.15) is 5.82 Å². The topological polar surface area (TPSA) is 29.1 Å². The molecule has 21 heavy (non-hydrogen) atoms. The third kappa shape index (κ3) is 4.76. The van der Waals surface area contributed by atoms with Crippen molar-refractivity contribution in [1.82, 2.24) is 5.32 Å². The second-order valence-corrected chi connectivity index (χ2v) is 6.35. The van der Waals surface area contributed by atoms with Gasteiger partial charge in [0, 0.05) is 16.5 Å². The molecule has 0 bridgehead atoms. The lowest BCUT2D eigenvalue weighted by Gasteiger charge is -2.12. The molecule has 1 atom stereocenters. The summed E-state index contributed by atoms with van der Waals surface area (Å²) < 4.78 is 13.1. The van der Waals surface area contributed by atoms with Gasteiger partial charge in [-0.1, -0.05) is 35.9 Å². The summed E-state index contributed by atoms with van der Waals surface area (Å²) in [7, 11) is 0. The predicted octanol–water partition coefficient (Wildman–Crippen LogP) is 4.28. The molecule has 2 aromatic rings. The van der Waals surface area contributed by atoms with E-state index in [1.165, 1.54) is 23.9 Å². The van der Waals surface area contributed by atoms with Crippen molar-refractivity contribution in [3.63, 3.8) is 0 Å². The summed E-state index contributed by atoms with van der Waals surface area (Å²) >= 11 is 7.36. The monoisotopic (exact) mass is 323 g/mol. The molecule has 0 aliphatic heterocycles. The molecule has 110 valence electrons. The zero-order valence-electron chi connectivity index (χ0n) is 11.5. The van der Waals surface area contributed by atoms with E-state index in [-0.39, 0.29) is 17.0 Å². The highest BCUT2D eigenvalue weighted by Gasteiger charge is 2.14. The fraction of sp³-hybridized carbons (Fsp3) is 0.188. The van der Waals surface area contributed by atoms with Gasteiger partial charge in [-0.3, -0.25) is 4.79 Å². The number of carbonyl (C=O) groups excluding carboxylic acids is 1. The Balaban J connectivity index is 1.90. The quantitative estimate of drug-likeness (QED) is 0.832. The Kier molecular flexibility index (Phi) is 5.65. The van der Waals surface area contributed by atoms with E-state index in [9.17, 15) is 9.18 Å². The van der Waals surface area contributed by atoms with Crippen LogP contribution >= 0.6 is 23.4 Å². The van der Waals surface area contributed by atoms with Gasteiger partial charge >= 0.3 is 0 Å². The van der Waals surface area contributed by atoms with Crippen molar-refractivity contribution in [1.29, 1.82) is 0 Å². The minimum Gasteiger partial charge on any atom is -0.351 e. The van der Waals surface area contributed by atoms with Crippen molar-refractivity contribution in [2.75, 3.05) is 0 Å². The molecular formula is C16H15ClFNOS. The third-order valence-corrected chi connectivity index (χ3v) is 4.35. The van der Waals surface area contributed by atoms with Gasteiger partial charge in [0.05, 0.1) is 5.25 Å². The summed E-state index contributed by atoms with van der Waals surface area (Å²) in [6, 6.07) is 13.6. The minimum atomic E-state index is -0.311. The minimum absolute atomic E-state index is 0.107. The number of benzene rings is 2. The number of carbonyl (C=O) groups is 1. The lowest BCUT2D eigenvalue weighted by molar-refractivity contribution is -0.120. The first kappa shape index (κ1) is 15.9. The number of rotatable bonds is 5. The van der Waals surface area contributed by atoms with E-state index < -0.39 is 0 Å². The Morgan fingerprint density at radius 1 is 1.29 bits per heavy atom. The van der Waals surface area contributed by atoms with Crippen LogP contribution in [0.3, 0.4) is 0 Å². The zero-order valence-corrected chi connectivity index (χ0v) is 13.0. The van der Waals surface area contributed by atoms with Gasteiger partial charge in [0.2, 0.25) is 5.91 Å². The van der Waals surface area contributed by atoms with Gasteiger partial charge in [-0.15, -0.1) is 11.8 Å². The van der Waals surface area contributed by atoms with Gasteiger partial charge in [-0.05, 0) is 36.8 Å². The van der Waals surface area contributed by atoms with E-state index in [1.807, 2.05) is 18.2 Å². The van der Waals surface area contributed by atoms with Crippen molar-refractivity contribution in [3.8, 4) is 0 Å². The summed E-state index contributed by atoms with van der Waals surface area (Å²) in [6.45, 7) is 2.17. The molecule has 0 aromatic heterocycles. The first-order chi connectivity index (χ1) is 10.1. The second kappa shape index (κ2) is 7.48. The van der Waals surface area contributed by atoms with Crippen LogP contribution in [0.4, 0.5) is 4.39 Å². The Hall–Kier alpha value is -1.52. The number of thioether (sulfide) groups is 1. The van der Waals surface area contributed by atoms with E-state index in [1.54, 1.807) is 25.1 Å². The van der Waals surface area contributed by atoms with Crippen molar-refractivity contribution in [2.24, 2.45) is 0 Å². The Morgan fingerprint density at radius 2 is 2.05 bits per heavy atom. The first-order valence-electron chi connectivity index (χ1n) is 6.49. The van der Waals surface area contributed by atoms with Crippen molar-refractivity contribution >= 4 is 29.3 Å². The standard InChI is InChI=1S/C16H15ClFNOS/c1-11(21-14-7-4-6-13(18)9-14)16(20)19-10-12-5-2-3-8-15(12)17/h2-9,11H,10H2,1H3,(H,19,20). The largest absolute Gasteiger partial charge is 0.351 e. The van der Waals surface area contributed by atoms with E-state index in [4.69, 9.17) is 11.6 Å². The van der Waals surface area contributed by atoms with Crippen LogP contribution in [0.25, 0.3) is 0 Å². The van der Waals surface area contributed by atoms with E-state index in [2.05, 4.69) is 5.32 Å². The molecule has 2 aromatic carbocycles. The second-order valence-electron chi connectivity index (χ2n) is 4.53. The summed E-state index contributed by atoms with van der Waals surface area (Å²) in [5, 5.41) is 3.15. The van der Waals surface area contributed by atoms with Crippen LogP contribution in [0.15, 0.2) is 53.4 Å². The van der Waals surface area contributed by atoms with Crippen LogP contribution in [0.2, 0.25) is 5.02 Å². The van der Waals surface area contributed by atoms with Gasteiger partial charge < -0.3 is 5.32 Å². The number of nitrogens with one attached hydrogen (secondary N) is 1. The van der Waals surface area contributed by atoms with E-state index in [0.717, 1.165) is 10.5 Å². The van der Waals surface area contributed by atoms with Crippen molar-refractivity contribution < 1.29 is 9.18 Å². The summed E-state index contributed by atoms with van der Waals surface area (Å²) in [5.41, 5.74) is 0.871. The van der Waals surface area contributed by atoms with Gasteiger partial charge in [0.15, 0.2) is 0 Å². The lowest BCUT2D eigenvalue weighted by atomic mass is 10.2. The van der Waals surface area contributed by atoms with Crippen LogP contribution in [-0.2, 0) is 11.3 Å². The molecular weight excluding hydrogens is 309 g/mol. The number of halogens is 2. The predicted molar refractivity (Wildman–Crippen MR) is 85.0 cm³/mol. The number of hydrogen-bond donors (Lipinski definition) is 1. The average molecular weight is 324 g/mol. The highest BCUT2D eigenvalue weighted by Crippen LogP contribution is 2.24. The van der Waals surface area contributed by atoms with E-state index in [0.29, 0.717) is 11.6 Å². The molecule has 0 spiro atoms. The summed E-state index contributed by atoms with van der Waals surface area (Å²) in [4.78, 5) is 12.8. The van der Waals surface area contributed by atoms with Crippen LogP contribution in [-0.4, -0.2) is 11.2 Å². The Labute approximate surface area is 132 Å². The molecule has 0 aliphatic carbocycles. The van der Waals surface area contributed by atoms with Crippen LogP contribution in [0.5, 0.6) is 0 Å². The third-order valence-electron chi connectivity index (χ3n) is 2.89. The normalized spacial score (nSPS) is 12.0. The first-order valence-corrected chi connectivity index (χ1v) is 7.75. The van der Waals surface area contributed by atoms with Crippen LogP contribution in [0, 0.1) is 5.82 Å². The highest BCUT2D eigenvalue weighted by atomic mass is 35.5. The molecule has 0 aliphatic rings. The summed E-state index contributed by atoms with van der Waals surface area (Å²) in [5.74, 6) is -0.409. The fourth-order valence-electron chi connectivity index (χ4n) is 1.77.